The Hall–Kier alpha value is -4.61. The van der Waals surface area contributed by atoms with Crippen molar-refractivity contribution >= 4 is 30.1 Å². The molecule has 45 heavy (non-hydrogen) atoms. The number of esters is 3. The highest BCUT2D eigenvalue weighted by atomic mass is 16.6. The van der Waals surface area contributed by atoms with E-state index in [1.54, 1.807) is 58.9 Å². The number of benzene rings is 2. The third-order valence-corrected chi connectivity index (χ3v) is 6.50. The first-order chi connectivity index (χ1) is 21.5. The zero-order chi connectivity index (χ0) is 33.2. The molecule has 0 radical (unpaired) electrons. The highest BCUT2D eigenvalue weighted by Gasteiger charge is 2.30. The minimum Gasteiger partial charge on any atom is -0.466 e. The van der Waals surface area contributed by atoms with Crippen LogP contribution in [0.4, 0.5) is 9.59 Å². The zero-order valence-electron chi connectivity index (χ0n) is 26.5. The SMILES string of the molecule is CCOC(=O)CC(COC(=O)C(NC(=O)OCc1ccccc1)C(C)C)COC(=O)C(NC(=O)OCc1ccccc1)C(C)C. The van der Waals surface area contributed by atoms with Crippen LogP contribution in [0.25, 0.3) is 0 Å². The van der Waals surface area contributed by atoms with Crippen molar-refractivity contribution in [3.8, 4) is 0 Å². The number of ether oxygens (including phenoxy) is 5. The summed E-state index contributed by atoms with van der Waals surface area (Å²) in [5.74, 6) is -3.51. The second kappa shape index (κ2) is 19.6. The Kier molecular flexibility index (Phi) is 16.0. The van der Waals surface area contributed by atoms with E-state index in [2.05, 4.69) is 10.6 Å². The van der Waals surface area contributed by atoms with Crippen molar-refractivity contribution in [3.63, 3.8) is 0 Å². The first-order valence-electron chi connectivity index (χ1n) is 14.9. The molecule has 2 aromatic carbocycles. The number of hydrogen-bond acceptors (Lipinski definition) is 10. The van der Waals surface area contributed by atoms with Gasteiger partial charge in [0.25, 0.3) is 0 Å². The third kappa shape index (κ3) is 14.1. The lowest BCUT2D eigenvalue weighted by atomic mass is 10.0. The van der Waals surface area contributed by atoms with E-state index in [1.807, 2.05) is 36.4 Å². The molecule has 12 heteroatoms. The Balaban J connectivity index is 1.95. The summed E-state index contributed by atoms with van der Waals surface area (Å²) in [6.45, 7) is 8.15. The molecule has 12 nitrogen and oxygen atoms in total. The maximum atomic E-state index is 13.0. The number of amides is 2. The largest absolute Gasteiger partial charge is 0.466 e. The van der Waals surface area contributed by atoms with Crippen molar-refractivity contribution in [1.82, 2.24) is 10.6 Å². The van der Waals surface area contributed by atoms with Crippen molar-refractivity contribution in [1.29, 1.82) is 0 Å². The summed E-state index contributed by atoms with van der Waals surface area (Å²) >= 11 is 0. The molecule has 0 aliphatic rings. The minimum absolute atomic E-state index is 0.0243. The van der Waals surface area contributed by atoms with Crippen LogP contribution in [0.2, 0.25) is 0 Å². The highest BCUT2D eigenvalue weighted by molar-refractivity contribution is 5.82. The van der Waals surface area contributed by atoms with Crippen LogP contribution >= 0.6 is 0 Å². The van der Waals surface area contributed by atoms with E-state index < -0.39 is 48.1 Å². The molecular formula is C33H44N2O10. The molecule has 2 amide bonds. The molecule has 0 saturated carbocycles. The lowest BCUT2D eigenvalue weighted by Crippen LogP contribution is -2.46. The number of hydrogen-bond donors (Lipinski definition) is 2. The van der Waals surface area contributed by atoms with Gasteiger partial charge in [0, 0.05) is 5.92 Å². The van der Waals surface area contributed by atoms with Crippen LogP contribution in [0, 0.1) is 17.8 Å². The summed E-state index contributed by atoms with van der Waals surface area (Å²) < 4.78 is 26.4. The van der Waals surface area contributed by atoms with Gasteiger partial charge in [-0.1, -0.05) is 88.4 Å². The minimum atomic E-state index is -1.03. The van der Waals surface area contributed by atoms with Crippen LogP contribution in [-0.2, 0) is 51.3 Å². The second-order valence-electron chi connectivity index (χ2n) is 11.0. The van der Waals surface area contributed by atoms with Crippen LogP contribution in [-0.4, -0.2) is 62.0 Å². The fraction of sp³-hybridized carbons (Fsp3) is 0.485. The molecule has 0 heterocycles. The molecule has 0 spiro atoms. The maximum absolute atomic E-state index is 13.0. The summed E-state index contributed by atoms with van der Waals surface area (Å²) in [5.41, 5.74) is 1.57. The fourth-order valence-corrected chi connectivity index (χ4v) is 3.98. The predicted molar refractivity (Wildman–Crippen MR) is 163 cm³/mol. The van der Waals surface area contributed by atoms with Gasteiger partial charge in [-0.05, 0) is 29.9 Å². The smallest absolute Gasteiger partial charge is 0.408 e. The standard InChI is InChI=1S/C33H44N2O10/c1-6-41-27(36)17-26(20-42-30(37)28(22(2)3)34-32(39)44-18-24-13-9-7-10-14-24)21-43-31(38)29(23(4)5)35-33(40)45-19-25-15-11-8-12-16-25/h7-16,22-23,26,28-29H,6,17-21H2,1-5H3,(H,34,39)(H,35,40). The molecule has 0 fully saturated rings. The van der Waals surface area contributed by atoms with Gasteiger partial charge in [-0.25, -0.2) is 19.2 Å². The monoisotopic (exact) mass is 628 g/mol. The van der Waals surface area contributed by atoms with Gasteiger partial charge in [0.15, 0.2) is 0 Å². The molecule has 246 valence electrons. The Bertz CT molecular complexity index is 1140. The zero-order valence-corrected chi connectivity index (χ0v) is 26.5. The summed E-state index contributed by atoms with van der Waals surface area (Å²) in [5, 5.41) is 5.05. The molecule has 0 aliphatic carbocycles. The van der Waals surface area contributed by atoms with Gasteiger partial charge in [-0.15, -0.1) is 0 Å². The summed E-state index contributed by atoms with van der Waals surface area (Å²) in [4.78, 5) is 62.9. The van der Waals surface area contributed by atoms with E-state index in [1.165, 1.54) is 0 Å². The first-order valence-corrected chi connectivity index (χ1v) is 14.9. The van der Waals surface area contributed by atoms with Gasteiger partial charge in [-0.3, -0.25) is 4.79 Å². The van der Waals surface area contributed by atoms with E-state index in [4.69, 9.17) is 23.7 Å². The van der Waals surface area contributed by atoms with Gasteiger partial charge in [0.2, 0.25) is 0 Å². The summed E-state index contributed by atoms with van der Waals surface area (Å²) in [7, 11) is 0. The Labute approximate surface area is 264 Å². The van der Waals surface area contributed by atoms with Crippen LogP contribution in [0.15, 0.2) is 60.7 Å². The highest BCUT2D eigenvalue weighted by Crippen LogP contribution is 2.13. The third-order valence-electron chi connectivity index (χ3n) is 6.50. The average Bonchev–Trinajstić information content (AvgIpc) is 3.02. The second-order valence-corrected chi connectivity index (χ2v) is 11.0. The Morgan fingerprint density at radius 3 is 1.36 bits per heavy atom. The molecule has 2 N–H and O–H groups in total. The van der Waals surface area contributed by atoms with E-state index >= 15 is 0 Å². The lowest BCUT2D eigenvalue weighted by molar-refractivity contribution is -0.157. The van der Waals surface area contributed by atoms with Crippen LogP contribution in [0.3, 0.4) is 0 Å². The number of nitrogens with one attached hydrogen (secondary N) is 2. The number of carbonyl (C=O) groups excluding carboxylic acids is 5. The van der Waals surface area contributed by atoms with Crippen LogP contribution < -0.4 is 10.6 Å². The molecule has 0 aromatic heterocycles. The summed E-state index contributed by atoms with van der Waals surface area (Å²) in [6.07, 6.45) is -1.78. The van der Waals surface area contributed by atoms with Crippen molar-refractivity contribution in [3.05, 3.63) is 71.8 Å². The lowest BCUT2D eigenvalue weighted by Gasteiger charge is -2.24. The normalized spacial score (nSPS) is 12.8. The molecule has 0 aliphatic heterocycles. The average molecular weight is 629 g/mol. The van der Waals surface area contributed by atoms with Gasteiger partial charge >= 0.3 is 30.1 Å². The van der Waals surface area contributed by atoms with Crippen molar-refractivity contribution in [2.75, 3.05) is 19.8 Å². The maximum Gasteiger partial charge on any atom is 0.408 e. The van der Waals surface area contributed by atoms with Gasteiger partial charge in [0.05, 0.1) is 26.2 Å². The first kappa shape index (κ1) is 36.6. The molecule has 2 unspecified atom stereocenters. The van der Waals surface area contributed by atoms with E-state index in [0.717, 1.165) is 11.1 Å². The molecular weight excluding hydrogens is 584 g/mol. The Morgan fingerprint density at radius 2 is 1.00 bits per heavy atom. The number of carbonyl (C=O) groups is 5. The molecule has 2 aromatic rings. The quantitative estimate of drug-likeness (QED) is 0.188. The number of rotatable bonds is 17. The topological polar surface area (TPSA) is 156 Å². The predicted octanol–water partition coefficient (Wildman–Crippen LogP) is 4.54. The molecule has 2 atom stereocenters. The summed E-state index contributed by atoms with van der Waals surface area (Å²) in [6, 6.07) is 16.1. The van der Waals surface area contributed by atoms with E-state index in [-0.39, 0.29) is 51.3 Å². The van der Waals surface area contributed by atoms with E-state index in [9.17, 15) is 24.0 Å². The molecule has 2 rings (SSSR count). The van der Waals surface area contributed by atoms with Crippen molar-refractivity contribution in [2.24, 2.45) is 17.8 Å². The van der Waals surface area contributed by atoms with Crippen LogP contribution in [0.1, 0.15) is 52.2 Å². The van der Waals surface area contributed by atoms with Crippen molar-refractivity contribution < 1.29 is 47.7 Å². The number of alkyl carbamates (subject to hydrolysis) is 2. The Morgan fingerprint density at radius 1 is 0.600 bits per heavy atom. The van der Waals surface area contributed by atoms with Crippen molar-refractivity contribution in [2.45, 2.75) is 66.3 Å². The fourth-order valence-electron chi connectivity index (χ4n) is 3.98. The van der Waals surface area contributed by atoms with Gasteiger partial charge < -0.3 is 34.3 Å². The molecule has 0 saturated heterocycles. The van der Waals surface area contributed by atoms with Gasteiger partial charge in [-0.2, -0.15) is 0 Å². The van der Waals surface area contributed by atoms with Gasteiger partial charge in [0.1, 0.15) is 25.3 Å². The van der Waals surface area contributed by atoms with E-state index in [0.29, 0.717) is 0 Å². The van der Waals surface area contributed by atoms with Crippen LogP contribution in [0.5, 0.6) is 0 Å². The molecule has 0 bridgehead atoms.